The first-order valence-corrected chi connectivity index (χ1v) is 9.09. The molecule has 0 bridgehead atoms. The highest BCUT2D eigenvalue weighted by atomic mass is 35.5. The van der Waals surface area contributed by atoms with Crippen LogP contribution in [0.1, 0.15) is 46.5 Å². The molecule has 3 nitrogen and oxygen atoms in total. The molecule has 0 heterocycles. The van der Waals surface area contributed by atoms with E-state index in [1.807, 2.05) is 0 Å². The van der Waals surface area contributed by atoms with Crippen LogP contribution >= 0.6 is 11.6 Å². The summed E-state index contributed by atoms with van der Waals surface area (Å²) in [5, 5.41) is 3.12. The number of hydrogen-bond donors (Lipinski definition) is 1. The zero-order valence-electron chi connectivity index (χ0n) is 11.7. The van der Waals surface area contributed by atoms with Gasteiger partial charge in [0.25, 0.3) is 0 Å². The minimum absolute atomic E-state index is 0.0499. The maximum absolute atomic E-state index is 11.8. The van der Waals surface area contributed by atoms with Gasteiger partial charge in [0, 0.05) is 18.0 Å². The number of sulfone groups is 1. The lowest BCUT2D eigenvalue weighted by Gasteiger charge is -2.39. The molecule has 0 radical (unpaired) electrons. The van der Waals surface area contributed by atoms with Crippen LogP contribution in [0, 0.1) is 5.92 Å². The van der Waals surface area contributed by atoms with E-state index in [-0.39, 0.29) is 16.5 Å². The number of nitrogens with one attached hydrogen (secondary N) is 1. The maximum Gasteiger partial charge on any atom is 0.153 e. The summed E-state index contributed by atoms with van der Waals surface area (Å²) >= 11 is 6.10. The second-order valence-corrected chi connectivity index (χ2v) is 8.90. The third-order valence-corrected chi connectivity index (χ3v) is 6.67. The molecule has 5 heteroatoms. The Balaban J connectivity index is 2.50. The molecule has 1 N–H and O–H groups in total. The van der Waals surface area contributed by atoms with Gasteiger partial charge in [-0.2, -0.15) is 0 Å². The molecule has 1 rings (SSSR count). The third-order valence-electron chi connectivity index (χ3n) is 3.95. The van der Waals surface area contributed by atoms with Crippen molar-refractivity contribution in [2.24, 2.45) is 5.92 Å². The van der Waals surface area contributed by atoms with Crippen molar-refractivity contribution in [2.75, 3.05) is 18.2 Å². The molecule has 0 spiro atoms. The standard InChI is InChI=1S/C13H26ClNO2S/c1-11(2)18(16,17)8-7-15-13(10-14)6-4-5-12(3)9-13/h11-12,15H,4-10H2,1-3H3. The Kier molecular flexibility index (Phi) is 5.94. The molecule has 108 valence electrons. The summed E-state index contributed by atoms with van der Waals surface area (Å²) in [4.78, 5) is 0. The fourth-order valence-corrected chi connectivity index (χ4v) is 3.88. The Morgan fingerprint density at radius 2 is 2.11 bits per heavy atom. The molecule has 2 atom stereocenters. The van der Waals surface area contributed by atoms with Gasteiger partial charge < -0.3 is 5.32 Å². The van der Waals surface area contributed by atoms with E-state index >= 15 is 0 Å². The van der Waals surface area contributed by atoms with Crippen molar-refractivity contribution in [3.05, 3.63) is 0 Å². The Hall–Kier alpha value is 0.200. The van der Waals surface area contributed by atoms with Crippen LogP contribution in [0.2, 0.25) is 0 Å². The van der Waals surface area contributed by atoms with E-state index in [0.29, 0.717) is 18.3 Å². The molecule has 1 aliphatic rings. The van der Waals surface area contributed by atoms with Crippen molar-refractivity contribution in [3.63, 3.8) is 0 Å². The Labute approximate surface area is 117 Å². The summed E-state index contributed by atoms with van der Waals surface area (Å²) in [5.41, 5.74) is -0.0499. The molecule has 2 unspecified atom stereocenters. The number of halogens is 1. The lowest BCUT2D eigenvalue weighted by Crippen LogP contribution is -2.51. The van der Waals surface area contributed by atoms with Crippen LogP contribution in [0.3, 0.4) is 0 Å². The van der Waals surface area contributed by atoms with Crippen molar-refractivity contribution < 1.29 is 8.42 Å². The van der Waals surface area contributed by atoms with Crippen LogP contribution in [-0.4, -0.2) is 37.4 Å². The summed E-state index contributed by atoms with van der Waals surface area (Å²) in [6, 6.07) is 0. The van der Waals surface area contributed by atoms with Crippen molar-refractivity contribution in [1.82, 2.24) is 5.32 Å². The molecule has 1 fully saturated rings. The average Bonchev–Trinajstić information content (AvgIpc) is 2.28. The molecule has 0 saturated heterocycles. The van der Waals surface area contributed by atoms with Crippen LogP contribution in [-0.2, 0) is 9.84 Å². The highest BCUT2D eigenvalue weighted by Crippen LogP contribution is 2.33. The molecule has 0 aromatic heterocycles. The Morgan fingerprint density at radius 3 is 2.61 bits per heavy atom. The van der Waals surface area contributed by atoms with Gasteiger partial charge in [-0.25, -0.2) is 8.42 Å². The van der Waals surface area contributed by atoms with Crippen molar-refractivity contribution >= 4 is 21.4 Å². The smallest absolute Gasteiger partial charge is 0.153 e. The van der Waals surface area contributed by atoms with E-state index in [4.69, 9.17) is 11.6 Å². The molecule has 18 heavy (non-hydrogen) atoms. The number of rotatable bonds is 6. The fourth-order valence-electron chi connectivity index (χ4n) is 2.68. The van der Waals surface area contributed by atoms with Gasteiger partial charge >= 0.3 is 0 Å². The molecule has 0 aliphatic heterocycles. The van der Waals surface area contributed by atoms with E-state index in [0.717, 1.165) is 12.8 Å². The van der Waals surface area contributed by atoms with Crippen molar-refractivity contribution in [3.8, 4) is 0 Å². The van der Waals surface area contributed by atoms with E-state index < -0.39 is 9.84 Å². The summed E-state index contributed by atoms with van der Waals surface area (Å²) < 4.78 is 23.5. The van der Waals surface area contributed by atoms with Crippen molar-refractivity contribution in [2.45, 2.75) is 57.2 Å². The normalized spacial score (nSPS) is 29.7. The molecule has 0 aromatic carbocycles. The molecule has 1 saturated carbocycles. The number of alkyl halides is 1. The van der Waals surface area contributed by atoms with Crippen LogP contribution in [0.25, 0.3) is 0 Å². The summed E-state index contributed by atoms with van der Waals surface area (Å²) in [7, 11) is -2.95. The van der Waals surface area contributed by atoms with E-state index in [9.17, 15) is 8.42 Å². The molecular formula is C13H26ClNO2S. The zero-order chi connectivity index (χ0) is 13.8. The van der Waals surface area contributed by atoms with Crippen LogP contribution in [0.4, 0.5) is 0 Å². The van der Waals surface area contributed by atoms with Crippen LogP contribution in [0.15, 0.2) is 0 Å². The Bertz CT molecular complexity index is 356. The second kappa shape index (κ2) is 6.58. The lowest BCUT2D eigenvalue weighted by molar-refractivity contribution is 0.213. The first-order valence-electron chi connectivity index (χ1n) is 6.84. The first-order chi connectivity index (χ1) is 8.31. The average molecular weight is 296 g/mol. The predicted octanol–water partition coefficient (Wildman–Crippen LogP) is 2.59. The first kappa shape index (κ1) is 16.3. The molecule has 0 aromatic rings. The van der Waals surface area contributed by atoms with Gasteiger partial charge in [-0.05, 0) is 32.6 Å². The summed E-state index contributed by atoms with van der Waals surface area (Å²) in [6.07, 6.45) is 4.54. The highest BCUT2D eigenvalue weighted by molar-refractivity contribution is 7.92. The maximum atomic E-state index is 11.8. The highest BCUT2D eigenvalue weighted by Gasteiger charge is 2.33. The SMILES string of the molecule is CC1CCCC(CCl)(NCCS(=O)(=O)C(C)C)C1. The van der Waals surface area contributed by atoms with E-state index in [1.165, 1.54) is 12.8 Å². The molecular weight excluding hydrogens is 270 g/mol. The van der Waals surface area contributed by atoms with E-state index in [1.54, 1.807) is 13.8 Å². The predicted molar refractivity (Wildman–Crippen MR) is 78.0 cm³/mol. The summed E-state index contributed by atoms with van der Waals surface area (Å²) in [5.74, 6) is 1.45. The van der Waals surface area contributed by atoms with Gasteiger partial charge in [-0.1, -0.05) is 19.8 Å². The third kappa shape index (κ3) is 4.39. The second-order valence-electron chi connectivity index (χ2n) is 5.96. The van der Waals surface area contributed by atoms with Crippen LogP contribution in [0.5, 0.6) is 0 Å². The van der Waals surface area contributed by atoms with Gasteiger partial charge in [0.2, 0.25) is 0 Å². The quantitative estimate of drug-likeness (QED) is 0.766. The summed E-state index contributed by atoms with van der Waals surface area (Å²) in [6.45, 7) is 6.22. The van der Waals surface area contributed by atoms with E-state index in [2.05, 4.69) is 12.2 Å². The number of hydrogen-bond acceptors (Lipinski definition) is 3. The molecule has 1 aliphatic carbocycles. The van der Waals surface area contributed by atoms with Gasteiger partial charge in [0.1, 0.15) is 0 Å². The zero-order valence-corrected chi connectivity index (χ0v) is 13.3. The minimum Gasteiger partial charge on any atom is -0.309 e. The lowest BCUT2D eigenvalue weighted by atomic mass is 9.77. The van der Waals surface area contributed by atoms with Crippen LogP contribution < -0.4 is 5.32 Å². The van der Waals surface area contributed by atoms with Gasteiger partial charge in [0.05, 0.1) is 11.0 Å². The van der Waals surface area contributed by atoms with Gasteiger partial charge in [0.15, 0.2) is 9.84 Å². The minimum atomic E-state index is -2.95. The largest absolute Gasteiger partial charge is 0.309 e. The van der Waals surface area contributed by atoms with Gasteiger partial charge in [-0.15, -0.1) is 11.6 Å². The topological polar surface area (TPSA) is 46.2 Å². The Morgan fingerprint density at radius 1 is 1.44 bits per heavy atom. The van der Waals surface area contributed by atoms with Gasteiger partial charge in [-0.3, -0.25) is 0 Å². The monoisotopic (exact) mass is 295 g/mol. The molecule has 0 amide bonds. The van der Waals surface area contributed by atoms with Crippen molar-refractivity contribution in [1.29, 1.82) is 0 Å². The fraction of sp³-hybridized carbons (Fsp3) is 1.00.